The maximum Gasteiger partial charge on any atom is 0.180 e. The van der Waals surface area contributed by atoms with Crippen molar-refractivity contribution in [2.24, 2.45) is 0 Å². The van der Waals surface area contributed by atoms with Crippen molar-refractivity contribution >= 4 is 50.7 Å². The third kappa shape index (κ3) is 2.06. The molecule has 2 N–H and O–H groups in total. The molecule has 0 radical (unpaired) electrons. The SMILES string of the molecule is Nc1nc2c(s1)C(c1cc(I)ccc1Cl)CC2. The Morgan fingerprint density at radius 3 is 3.12 bits per heavy atom. The van der Waals surface area contributed by atoms with Crippen LogP contribution in [0.2, 0.25) is 5.02 Å². The number of anilines is 1. The molecule has 2 aromatic rings. The van der Waals surface area contributed by atoms with Gasteiger partial charge in [-0.3, -0.25) is 0 Å². The van der Waals surface area contributed by atoms with Crippen molar-refractivity contribution < 1.29 is 0 Å². The van der Waals surface area contributed by atoms with Crippen molar-refractivity contribution in [2.45, 2.75) is 18.8 Å². The molecule has 0 spiro atoms. The molecule has 3 rings (SSSR count). The van der Waals surface area contributed by atoms with Crippen LogP contribution in [0, 0.1) is 3.57 Å². The highest BCUT2D eigenvalue weighted by atomic mass is 127. The van der Waals surface area contributed by atoms with Crippen LogP contribution in [0.4, 0.5) is 5.13 Å². The molecule has 1 atom stereocenters. The van der Waals surface area contributed by atoms with Crippen LogP contribution in [-0.4, -0.2) is 4.98 Å². The Balaban J connectivity index is 2.09. The molecule has 17 heavy (non-hydrogen) atoms. The maximum atomic E-state index is 6.30. The monoisotopic (exact) mass is 376 g/mol. The van der Waals surface area contributed by atoms with Crippen LogP contribution in [0.5, 0.6) is 0 Å². The van der Waals surface area contributed by atoms with Crippen molar-refractivity contribution in [3.63, 3.8) is 0 Å². The van der Waals surface area contributed by atoms with E-state index in [4.69, 9.17) is 17.3 Å². The van der Waals surface area contributed by atoms with Gasteiger partial charge in [-0.15, -0.1) is 11.3 Å². The van der Waals surface area contributed by atoms with E-state index in [1.54, 1.807) is 11.3 Å². The van der Waals surface area contributed by atoms with Crippen LogP contribution in [0.1, 0.15) is 28.5 Å². The van der Waals surface area contributed by atoms with Crippen molar-refractivity contribution in [1.29, 1.82) is 0 Å². The lowest BCUT2D eigenvalue weighted by atomic mass is 9.98. The molecule has 1 aliphatic carbocycles. The second kappa shape index (κ2) is 4.40. The molecular weight excluding hydrogens is 367 g/mol. The van der Waals surface area contributed by atoms with Gasteiger partial charge in [-0.25, -0.2) is 4.98 Å². The first kappa shape index (κ1) is 11.7. The number of rotatable bonds is 1. The predicted molar refractivity (Wildman–Crippen MR) is 80.9 cm³/mol. The summed E-state index contributed by atoms with van der Waals surface area (Å²) in [6.07, 6.45) is 2.10. The number of aromatic nitrogens is 1. The highest BCUT2D eigenvalue weighted by molar-refractivity contribution is 14.1. The van der Waals surface area contributed by atoms with Crippen LogP contribution in [-0.2, 0) is 6.42 Å². The summed E-state index contributed by atoms with van der Waals surface area (Å²) >= 11 is 10.2. The molecule has 1 unspecified atom stereocenters. The van der Waals surface area contributed by atoms with E-state index >= 15 is 0 Å². The second-order valence-electron chi connectivity index (χ2n) is 4.12. The first-order valence-electron chi connectivity index (χ1n) is 5.35. The van der Waals surface area contributed by atoms with Gasteiger partial charge in [0.2, 0.25) is 0 Å². The lowest BCUT2D eigenvalue weighted by molar-refractivity contribution is 0.790. The molecule has 0 amide bonds. The van der Waals surface area contributed by atoms with Gasteiger partial charge in [-0.1, -0.05) is 11.6 Å². The summed E-state index contributed by atoms with van der Waals surface area (Å²) in [5.41, 5.74) is 8.14. The highest BCUT2D eigenvalue weighted by Gasteiger charge is 2.29. The molecule has 1 aromatic carbocycles. The molecule has 88 valence electrons. The van der Waals surface area contributed by atoms with Gasteiger partial charge >= 0.3 is 0 Å². The summed E-state index contributed by atoms with van der Waals surface area (Å²) in [5.74, 6) is 0.377. The molecule has 1 heterocycles. The smallest absolute Gasteiger partial charge is 0.180 e. The Hall–Kier alpha value is -0.330. The number of hydrogen-bond acceptors (Lipinski definition) is 3. The predicted octanol–water partition coefficient (Wildman–Crippen LogP) is 4.06. The Morgan fingerprint density at radius 1 is 1.47 bits per heavy atom. The lowest BCUT2D eigenvalue weighted by Crippen LogP contribution is -1.96. The van der Waals surface area contributed by atoms with Crippen molar-refractivity contribution in [2.75, 3.05) is 5.73 Å². The zero-order valence-corrected chi connectivity index (χ0v) is 12.6. The third-order valence-electron chi connectivity index (χ3n) is 3.06. The fraction of sp³-hybridized carbons (Fsp3) is 0.250. The molecule has 2 nitrogen and oxygen atoms in total. The van der Waals surface area contributed by atoms with Gasteiger partial charge in [0.15, 0.2) is 5.13 Å². The average Bonchev–Trinajstić information content (AvgIpc) is 2.80. The van der Waals surface area contributed by atoms with Gasteiger partial charge < -0.3 is 5.73 Å². The van der Waals surface area contributed by atoms with Crippen molar-refractivity contribution in [3.05, 3.63) is 42.9 Å². The molecular formula is C12H10ClIN2S. The minimum Gasteiger partial charge on any atom is -0.375 e. The standard InChI is InChI=1S/C12H10ClIN2S/c13-9-3-1-6(14)5-8(9)7-2-4-10-11(7)17-12(15)16-10/h1,3,5,7H,2,4H2,(H2,15,16). The van der Waals surface area contributed by atoms with Crippen LogP contribution in [0.3, 0.4) is 0 Å². The van der Waals surface area contributed by atoms with E-state index in [1.165, 1.54) is 14.0 Å². The van der Waals surface area contributed by atoms with Gasteiger partial charge in [0.05, 0.1) is 5.69 Å². The van der Waals surface area contributed by atoms with Gasteiger partial charge in [-0.05, 0) is 59.2 Å². The maximum absolute atomic E-state index is 6.30. The van der Waals surface area contributed by atoms with E-state index in [9.17, 15) is 0 Å². The van der Waals surface area contributed by atoms with E-state index in [2.05, 4.69) is 33.6 Å². The fourth-order valence-corrected chi connectivity index (χ4v) is 4.12. The molecule has 0 aliphatic heterocycles. The summed E-state index contributed by atoms with van der Waals surface area (Å²) < 4.78 is 1.22. The lowest BCUT2D eigenvalue weighted by Gasteiger charge is -2.12. The summed E-state index contributed by atoms with van der Waals surface area (Å²) in [6, 6.07) is 6.17. The topological polar surface area (TPSA) is 38.9 Å². The average molecular weight is 377 g/mol. The Bertz CT molecular complexity index is 582. The van der Waals surface area contributed by atoms with E-state index in [0.29, 0.717) is 11.0 Å². The van der Waals surface area contributed by atoms with E-state index < -0.39 is 0 Å². The molecule has 5 heteroatoms. The van der Waals surface area contributed by atoms with Crippen molar-refractivity contribution in [3.8, 4) is 0 Å². The van der Waals surface area contributed by atoms with Crippen LogP contribution < -0.4 is 5.73 Å². The van der Waals surface area contributed by atoms with E-state index in [-0.39, 0.29) is 0 Å². The zero-order chi connectivity index (χ0) is 12.0. The molecule has 0 fully saturated rings. The Kier molecular flexibility index (Phi) is 3.04. The number of aryl methyl sites for hydroxylation is 1. The first-order valence-corrected chi connectivity index (χ1v) is 7.62. The van der Waals surface area contributed by atoms with Crippen LogP contribution in [0.15, 0.2) is 18.2 Å². The molecule has 1 aromatic heterocycles. The largest absolute Gasteiger partial charge is 0.375 e. The number of fused-ring (bicyclic) bond motifs is 1. The van der Waals surface area contributed by atoms with Crippen LogP contribution in [0.25, 0.3) is 0 Å². The summed E-state index contributed by atoms with van der Waals surface area (Å²) in [7, 11) is 0. The van der Waals surface area contributed by atoms with Gasteiger partial charge in [0.1, 0.15) is 0 Å². The Morgan fingerprint density at radius 2 is 2.29 bits per heavy atom. The minimum atomic E-state index is 0.377. The van der Waals surface area contributed by atoms with Gasteiger partial charge in [0, 0.05) is 19.4 Å². The number of benzene rings is 1. The van der Waals surface area contributed by atoms with Crippen molar-refractivity contribution in [1.82, 2.24) is 4.98 Å². The summed E-state index contributed by atoms with van der Waals surface area (Å²) in [6.45, 7) is 0. The summed E-state index contributed by atoms with van der Waals surface area (Å²) in [4.78, 5) is 5.67. The minimum absolute atomic E-state index is 0.377. The second-order valence-corrected chi connectivity index (χ2v) is 6.84. The van der Waals surface area contributed by atoms with E-state index in [0.717, 1.165) is 23.6 Å². The van der Waals surface area contributed by atoms with Gasteiger partial charge in [0.25, 0.3) is 0 Å². The van der Waals surface area contributed by atoms with Gasteiger partial charge in [-0.2, -0.15) is 0 Å². The number of thiazole rings is 1. The normalized spacial score (nSPS) is 18.4. The first-order chi connectivity index (χ1) is 8.15. The molecule has 0 saturated carbocycles. The quantitative estimate of drug-likeness (QED) is 0.762. The number of nitrogens with two attached hydrogens (primary N) is 1. The Labute approximate surface area is 122 Å². The molecule has 0 saturated heterocycles. The number of nitrogen functional groups attached to an aromatic ring is 1. The molecule has 1 aliphatic rings. The molecule has 0 bridgehead atoms. The van der Waals surface area contributed by atoms with Crippen LogP contribution >= 0.6 is 45.5 Å². The highest BCUT2D eigenvalue weighted by Crippen LogP contribution is 2.44. The zero-order valence-electron chi connectivity index (χ0n) is 8.91. The van der Waals surface area contributed by atoms with E-state index in [1.807, 2.05) is 12.1 Å². The number of nitrogens with zero attached hydrogens (tertiary/aromatic N) is 1. The fourth-order valence-electron chi connectivity index (χ4n) is 2.32. The summed E-state index contributed by atoms with van der Waals surface area (Å²) in [5, 5.41) is 1.51. The number of halogens is 2. The number of hydrogen-bond donors (Lipinski definition) is 1. The third-order valence-corrected chi connectivity index (χ3v) is 5.12.